The van der Waals surface area contributed by atoms with Gasteiger partial charge in [-0.2, -0.15) is 0 Å². The molecular weight excluding hydrogens is 494 g/mol. The van der Waals surface area contributed by atoms with Crippen LogP contribution in [0.4, 0.5) is 17.1 Å². The molecule has 196 valence electrons. The average Bonchev–Trinajstić information content (AvgIpc) is 3.11. The Morgan fingerprint density at radius 2 is 1.79 bits per heavy atom. The molecule has 4 aromatic rings. The zero-order chi connectivity index (χ0) is 27.4. The number of carbonyl (C=O) groups excluding carboxylic acids is 1. The second-order valence-corrected chi connectivity index (χ2v) is 10.3. The minimum Gasteiger partial charge on any atom is -0.493 e. The van der Waals surface area contributed by atoms with Crippen molar-refractivity contribution in [3.8, 4) is 11.5 Å². The highest BCUT2D eigenvalue weighted by Crippen LogP contribution is 2.58. The Balaban J connectivity index is 1.52. The summed E-state index contributed by atoms with van der Waals surface area (Å²) < 4.78 is 12.4. The first-order chi connectivity index (χ1) is 18.7. The van der Waals surface area contributed by atoms with Gasteiger partial charge in [-0.15, -0.1) is 0 Å². The highest BCUT2D eigenvalue weighted by atomic mass is 16.6. The first-order valence-electron chi connectivity index (χ1n) is 12.6. The van der Waals surface area contributed by atoms with E-state index in [1.165, 1.54) is 19.2 Å². The third kappa shape index (κ3) is 3.71. The Morgan fingerprint density at radius 1 is 1.05 bits per heavy atom. The van der Waals surface area contributed by atoms with Gasteiger partial charge >= 0.3 is 0 Å². The largest absolute Gasteiger partial charge is 0.493 e. The first-order valence-corrected chi connectivity index (χ1v) is 12.6. The number of hydrogen-bond acceptors (Lipinski definition) is 6. The Kier molecular flexibility index (Phi) is 5.57. The Labute approximate surface area is 225 Å². The van der Waals surface area contributed by atoms with Crippen molar-refractivity contribution < 1.29 is 19.2 Å². The molecule has 1 atom stereocenters. The van der Waals surface area contributed by atoms with Gasteiger partial charge in [0.25, 0.3) is 5.69 Å². The number of nitrogens with zero attached hydrogens (tertiary/aromatic N) is 2. The van der Waals surface area contributed by atoms with Gasteiger partial charge in [-0.25, -0.2) is 0 Å². The quantitative estimate of drug-likeness (QED) is 0.245. The second-order valence-electron chi connectivity index (χ2n) is 10.3. The molecule has 2 aliphatic rings. The van der Waals surface area contributed by atoms with E-state index in [4.69, 9.17) is 9.47 Å². The number of nitrogens with one attached hydrogen (secondary N) is 1. The number of anilines is 2. The Hall–Kier alpha value is -4.85. The molecule has 6 rings (SSSR count). The minimum absolute atomic E-state index is 0.00824. The topological polar surface area (TPSA) is 93.9 Å². The van der Waals surface area contributed by atoms with Gasteiger partial charge in [-0.05, 0) is 49.1 Å². The van der Waals surface area contributed by atoms with Crippen LogP contribution in [0, 0.1) is 10.1 Å². The molecule has 0 saturated heterocycles. The molecule has 1 unspecified atom stereocenters. The number of carbonyl (C=O) groups is 1. The fraction of sp³-hybridized carbons (Fsp3) is 0.194. The summed E-state index contributed by atoms with van der Waals surface area (Å²) in [5.74, 6) is 0.452. The van der Waals surface area contributed by atoms with Crippen molar-refractivity contribution in [3.05, 3.63) is 106 Å². The molecule has 4 aromatic carbocycles. The van der Waals surface area contributed by atoms with Crippen LogP contribution in [0.5, 0.6) is 11.5 Å². The van der Waals surface area contributed by atoms with Crippen LogP contribution >= 0.6 is 0 Å². The third-order valence-electron chi connectivity index (χ3n) is 7.75. The number of non-ortho nitro benzene ring substituents is 1. The number of para-hydroxylation sites is 1. The molecule has 0 aliphatic carbocycles. The van der Waals surface area contributed by atoms with Crippen LogP contribution in [-0.4, -0.2) is 30.2 Å². The summed E-state index contributed by atoms with van der Waals surface area (Å²) in [5.41, 5.74) is 1.35. The maximum Gasteiger partial charge on any atom is 0.274 e. The molecule has 1 N–H and O–H groups in total. The number of rotatable bonds is 5. The van der Waals surface area contributed by atoms with Crippen molar-refractivity contribution in [2.24, 2.45) is 0 Å². The molecular formula is C31H27N3O5. The van der Waals surface area contributed by atoms with Gasteiger partial charge in [-0.3, -0.25) is 14.9 Å². The fourth-order valence-electron chi connectivity index (χ4n) is 5.78. The van der Waals surface area contributed by atoms with Gasteiger partial charge < -0.3 is 19.7 Å². The maximum absolute atomic E-state index is 13.5. The second kappa shape index (κ2) is 8.87. The number of nitro groups is 1. The summed E-state index contributed by atoms with van der Waals surface area (Å²) in [7, 11) is 1.46. The van der Waals surface area contributed by atoms with E-state index in [0.717, 1.165) is 22.0 Å². The molecule has 0 saturated carbocycles. The van der Waals surface area contributed by atoms with E-state index in [1.54, 1.807) is 0 Å². The number of amides is 1. The first kappa shape index (κ1) is 24.5. The average molecular weight is 522 g/mol. The summed E-state index contributed by atoms with van der Waals surface area (Å²) in [6, 6.07) is 24.4. The van der Waals surface area contributed by atoms with Crippen LogP contribution in [0.15, 0.2) is 84.9 Å². The lowest BCUT2D eigenvalue weighted by atomic mass is 9.76. The monoisotopic (exact) mass is 521 g/mol. The lowest BCUT2D eigenvalue weighted by Crippen LogP contribution is -2.61. The van der Waals surface area contributed by atoms with E-state index in [2.05, 4.69) is 37.4 Å². The molecule has 8 nitrogen and oxygen atoms in total. The van der Waals surface area contributed by atoms with E-state index < -0.39 is 16.1 Å². The number of fused-ring (bicyclic) bond motifs is 4. The van der Waals surface area contributed by atoms with Gasteiger partial charge in [0.15, 0.2) is 11.5 Å². The molecule has 39 heavy (non-hydrogen) atoms. The summed E-state index contributed by atoms with van der Waals surface area (Å²) in [4.78, 5) is 26.6. The highest BCUT2D eigenvalue weighted by molar-refractivity contribution is 6.02. The zero-order valence-electron chi connectivity index (χ0n) is 21.8. The third-order valence-corrected chi connectivity index (χ3v) is 7.75. The van der Waals surface area contributed by atoms with E-state index in [0.29, 0.717) is 17.0 Å². The van der Waals surface area contributed by atoms with Crippen molar-refractivity contribution in [3.63, 3.8) is 0 Å². The Morgan fingerprint density at radius 3 is 2.54 bits per heavy atom. The van der Waals surface area contributed by atoms with Gasteiger partial charge in [0.2, 0.25) is 11.6 Å². The fourth-order valence-corrected chi connectivity index (χ4v) is 5.78. The molecule has 1 spiro atoms. The molecule has 2 aliphatic heterocycles. The van der Waals surface area contributed by atoms with Gasteiger partial charge in [-0.1, -0.05) is 54.6 Å². The van der Waals surface area contributed by atoms with Crippen molar-refractivity contribution in [1.82, 2.24) is 0 Å². The van der Waals surface area contributed by atoms with Crippen LogP contribution in [0.1, 0.15) is 25.0 Å². The summed E-state index contributed by atoms with van der Waals surface area (Å²) >= 11 is 0. The summed E-state index contributed by atoms with van der Waals surface area (Å²) in [5, 5.41) is 16.6. The maximum atomic E-state index is 13.5. The number of benzene rings is 4. The highest BCUT2D eigenvalue weighted by Gasteiger charge is 2.60. The minimum atomic E-state index is -1.12. The van der Waals surface area contributed by atoms with Crippen LogP contribution < -0.4 is 19.7 Å². The SMILES string of the molecule is COc1cc([N+](=O)[O-])cc2c1OC1(C=C2)N(CC(=O)Nc2ccccc2)c2c(ccc3ccccc23)C1(C)C. The number of hydrogen-bond donors (Lipinski definition) is 1. The van der Waals surface area contributed by atoms with Gasteiger partial charge in [0.1, 0.15) is 6.54 Å². The van der Waals surface area contributed by atoms with Crippen molar-refractivity contribution in [1.29, 1.82) is 0 Å². The van der Waals surface area contributed by atoms with Crippen LogP contribution in [-0.2, 0) is 10.2 Å². The Bertz CT molecular complexity index is 1660. The predicted octanol–water partition coefficient (Wildman–Crippen LogP) is 6.30. The van der Waals surface area contributed by atoms with Crippen molar-refractivity contribution in [2.75, 3.05) is 23.9 Å². The number of methoxy groups -OCH3 is 1. The lowest BCUT2D eigenvalue weighted by molar-refractivity contribution is -0.385. The predicted molar refractivity (Wildman–Crippen MR) is 151 cm³/mol. The molecule has 2 heterocycles. The zero-order valence-corrected chi connectivity index (χ0v) is 21.8. The molecule has 0 fully saturated rings. The molecule has 1 amide bonds. The van der Waals surface area contributed by atoms with Gasteiger partial charge in [0, 0.05) is 22.7 Å². The van der Waals surface area contributed by atoms with E-state index in [-0.39, 0.29) is 23.9 Å². The van der Waals surface area contributed by atoms with Crippen molar-refractivity contribution >= 4 is 39.8 Å². The normalized spacial score (nSPS) is 18.4. The van der Waals surface area contributed by atoms with Crippen LogP contribution in [0.2, 0.25) is 0 Å². The van der Waals surface area contributed by atoms with Crippen LogP contribution in [0.3, 0.4) is 0 Å². The lowest BCUT2D eigenvalue weighted by Gasteiger charge is -2.47. The van der Waals surface area contributed by atoms with E-state index in [9.17, 15) is 14.9 Å². The van der Waals surface area contributed by atoms with Crippen LogP contribution in [0.25, 0.3) is 16.8 Å². The molecule has 0 radical (unpaired) electrons. The number of ether oxygens (including phenoxy) is 2. The molecule has 0 bridgehead atoms. The summed E-state index contributed by atoms with van der Waals surface area (Å²) in [6.45, 7) is 4.18. The van der Waals surface area contributed by atoms with E-state index >= 15 is 0 Å². The standard InChI is InChI=1S/C31H27N3O5/c1-30(2)25-14-13-20-9-7-8-12-24(20)28(25)33(19-27(35)32-22-10-5-4-6-11-22)31(30)16-15-21-17-23(34(36)37)18-26(38-3)29(21)39-31/h4-18H,19H2,1-3H3,(H,32,35). The molecule has 8 heteroatoms. The summed E-state index contributed by atoms with van der Waals surface area (Å²) in [6.07, 6.45) is 3.73. The smallest absolute Gasteiger partial charge is 0.274 e. The van der Waals surface area contributed by atoms with Gasteiger partial charge in [0.05, 0.1) is 29.2 Å². The van der Waals surface area contributed by atoms with Crippen molar-refractivity contribution in [2.45, 2.75) is 25.0 Å². The number of nitro benzene ring substituents is 1. The van der Waals surface area contributed by atoms with E-state index in [1.807, 2.05) is 65.6 Å². The molecule has 0 aromatic heterocycles.